The second-order valence-electron chi connectivity index (χ2n) is 9.44. The zero-order valence-corrected chi connectivity index (χ0v) is 23.4. The summed E-state index contributed by atoms with van der Waals surface area (Å²) < 4.78 is 13.1. The van der Waals surface area contributed by atoms with Crippen molar-refractivity contribution in [3.63, 3.8) is 0 Å². The van der Waals surface area contributed by atoms with Crippen LogP contribution in [0.2, 0.25) is 5.02 Å². The van der Waals surface area contributed by atoms with Crippen LogP contribution in [0.1, 0.15) is 62.5 Å². The van der Waals surface area contributed by atoms with E-state index in [9.17, 15) is 9.59 Å². The third-order valence-corrected chi connectivity index (χ3v) is 8.26. The highest BCUT2D eigenvalue weighted by molar-refractivity contribution is 14.1. The van der Waals surface area contributed by atoms with E-state index >= 15 is 0 Å². The first-order valence-corrected chi connectivity index (χ1v) is 13.9. The van der Waals surface area contributed by atoms with E-state index in [2.05, 4.69) is 33.6 Å². The Morgan fingerprint density at radius 3 is 2.14 bits per heavy atom. The second-order valence-corrected chi connectivity index (χ2v) is 11.0. The molecule has 0 amide bonds. The molecule has 2 aromatic carbocycles. The van der Waals surface area contributed by atoms with Crippen molar-refractivity contribution in [2.45, 2.75) is 58.0 Å². The lowest BCUT2D eigenvalue weighted by Crippen LogP contribution is -2.37. The summed E-state index contributed by atoms with van der Waals surface area (Å²) >= 11 is 8.29. The van der Waals surface area contributed by atoms with E-state index in [-0.39, 0.29) is 17.5 Å². The van der Waals surface area contributed by atoms with Gasteiger partial charge >= 0.3 is 0 Å². The van der Waals surface area contributed by atoms with E-state index in [1.165, 1.54) is 0 Å². The molecule has 188 valence electrons. The number of carbonyl (C=O) groups is 2. The summed E-state index contributed by atoms with van der Waals surface area (Å²) in [5, 5.41) is 0.683. The summed E-state index contributed by atoms with van der Waals surface area (Å²) in [6.07, 6.45) is 4.47. The van der Waals surface area contributed by atoms with Crippen LogP contribution < -0.4 is 9.47 Å². The lowest BCUT2D eigenvalue weighted by atomic mass is 9.71. The third-order valence-electron chi connectivity index (χ3n) is 7.21. The molecule has 3 aliphatic rings. The monoisotopic (exact) mass is 617 g/mol. The normalized spacial score (nSPS) is 18.4. The molecule has 5 rings (SSSR count). The van der Waals surface area contributed by atoms with E-state index in [1.807, 2.05) is 44.3 Å². The summed E-state index contributed by atoms with van der Waals surface area (Å²) in [6.45, 7) is 2.79. The Morgan fingerprint density at radius 2 is 1.56 bits per heavy atom. The summed E-state index contributed by atoms with van der Waals surface area (Å²) in [6, 6.07) is 11.6. The van der Waals surface area contributed by atoms with Crippen LogP contribution in [0, 0.1) is 3.57 Å². The molecule has 0 spiro atoms. The van der Waals surface area contributed by atoms with Gasteiger partial charge in [-0.25, -0.2) is 0 Å². The number of ether oxygens (including phenoxy) is 2. The molecule has 0 fully saturated rings. The molecule has 2 aliphatic carbocycles. The van der Waals surface area contributed by atoms with E-state index in [4.69, 9.17) is 21.1 Å². The minimum Gasteiger partial charge on any atom is -0.490 e. The molecule has 1 heterocycles. The first-order chi connectivity index (χ1) is 17.4. The number of rotatable bonds is 6. The average molecular weight is 618 g/mol. The van der Waals surface area contributed by atoms with Crippen molar-refractivity contribution < 1.29 is 19.1 Å². The quantitative estimate of drug-likeness (QED) is 0.328. The number of benzene rings is 2. The largest absolute Gasteiger partial charge is 0.490 e. The molecule has 1 aliphatic heterocycles. The van der Waals surface area contributed by atoms with Crippen molar-refractivity contribution in [1.29, 1.82) is 0 Å². The molecule has 2 aromatic rings. The van der Waals surface area contributed by atoms with Gasteiger partial charge in [-0.3, -0.25) is 9.59 Å². The van der Waals surface area contributed by atoms with E-state index in [1.54, 1.807) is 0 Å². The number of hydrogen-bond donors (Lipinski definition) is 0. The van der Waals surface area contributed by atoms with Crippen molar-refractivity contribution in [1.82, 2.24) is 4.90 Å². The number of allylic oxidation sites excluding steroid dienone is 4. The summed E-state index contributed by atoms with van der Waals surface area (Å²) in [5.41, 5.74) is 5.63. The molecule has 0 aromatic heterocycles. The van der Waals surface area contributed by atoms with Crippen molar-refractivity contribution >= 4 is 45.8 Å². The molecule has 5 nitrogen and oxygen atoms in total. The van der Waals surface area contributed by atoms with Crippen LogP contribution in [0.4, 0.5) is 0 Å². The van der Waals surface area contributed by atoms with Gasteiger partial charge < -0.3 is 14.4 Å². The highest BCUT2D eigenvalue weighted by Gasteiger charge is 2.42. The molecule has 7 heteroatoms. The first kappa shape index (κ1) is 25.3. The van der Waals surface area contributed by atoms with E-state index in [0.717, 1.165) is 62.9 Å². The minimum atomic E-state index is -0.357. The molecule has 36 heavy (non-hydrogen) atoms. The molecule has 0 N–H and O–H groups in total. The second kappa shape index (κ2) is 10.6. The summed E-state index contributed by atoms with van der Waals surface area (Å²) in [5.74, 6) is 1.23. The molecule has 0 atom stereocenters. The van der Waals surface area contributed by atoms with Gasteiger partial charge in [-0.2, -0.15) is 0 Å². The molecule has 0 unspecified atom stereocenters. The molecule has 0 bridgehead atoms. The SMILES string of the molecule is CCOc1cc(C2C3=C(CCCC3=O)N(C)C3=C2C(=O)CCC3)cc(I)c1OCc1ccc(Cl)cc1. The number of hydrogen-bond acceptors (Lipinski definition) is 5. The summed E-state index contributed by atoms with van der Waals surface area (Å²) in [4.78, 5) is 28.7. The highest BCUT2D eigenvalue weighted by Crippen LogP contribution is 2.50. The maximum absolute atomic E-state index is 13.3. The molecular formula is C29H29ClINO4. The van der Waals surface area contributed by atoms with Crippen LogP contribution >= 0.6 is 34.2 Å². The van der Waals surface area contributed by atoms with Gasteiger partial charge in [-0.15, -0.1) is 0 Å². The predicted molar refractivity (Wildman–Crippen MR) is 148 cm³/mol. The average Bonchev–Trinajstić information content (AvgIpc) is 2.86. The third kappa shape index (κ3) is 4.70. The van der Waals surface area contributed by atoms with Gasteiger partial charge in [0.2, 0.25) is 0 Å². The Balaban J connectivity index is 1.59. The van der Waals surface area contributed by atoms with Gasteiger partial charge in [0, 0.05) is 53.4 Å². The molecule has 0 saturated carbocycles. The van der Waals surface area contributed by atoms with Gasteiger partial charge in [0.15, 0.2) is 23.1 Å². The zero-order valence-electron chi connectivity index (χ0n) is 20.5. The lowest BCUT2D eigenvalue weighted by Gasteiger charge is -2.42. The Kier molecular flexibility index (Phi) is 7.45. The fourth-order valence-electron chi connectivity index (χ4n) is 5.58. The number of Topliss-reactive ketones (excluding diaryl/α,β-unsaturated/α-hetero) is 2. The smallest absolute Gasteiger partial charge is 0.174 e. The van der Waals surface area contributed by atoms with E-state index < -0.39 is 0 Å². The fraction of sp³-hybridized carbons (Fsp3) is 0.379. The molecule has 0 radical (unpaired) electrons. The predicted octanol–water partition coefficient (Wildman–Crippen LogP) is 6.97. The lowest BCUT2D eigenvalue weighted by molar-refractivity contribution is -0.117. The number of carbonyl (C=O) groups excluding carboxylic acids is 2. The Labute approximate surface area is 230 Å². The fourth-order valence-corrected chi connectivity index (χ4v) is 6.49. The van der Waals surface area contributed by atoms with Crippen LogP contribution in [0.5, 0.6) is 11.5 Å². The van der Waals surface area contributed by atoms with Crippen molar-refractivity contribution in [2.24, 2.45) is 0 Å². The van der Waals surface area contributed by atoms with Crippen molar-refractivity contribution in [3.8, 4) is 11.5 Å². The number of nitrogens with zero attached hydrogens (tertiary/aromatic N) is 1. The van der Waals surface area contributed by atoms with Crippen LogP contribution in [-0.2, 0) is 16.2 Å². The molecule has 0 saturated heterocycles. The Morgan fingerprint density at radius 1 is 0.944 bits per heavy atom. The Bertz CT molecular complexity index is 1240. The molecular weight excluding hydrogens is 589 g/mol. The van der Waals surface area contributed by atoms with Crippen LogP contribution in [0.3, 0.4) is 0 Å². The zero-order chi connectivity index (χ0) is 25.4. The standard InChI is InChI=1S/C29H29ClINO4/c1-3-35-25-15-18(14-20(31)29(25)36-16-17-10-12-19(30)13-11-17)26-27-21(6-4-8-23(27)33)32(2)22-7-5-9-24(34)28(22)26/h10-15,26H,3-9,16H2,1-2H3. The van der Waals surface area contributed by atoms with Crippen LogP contribution in [-0.4, -0.2) is 30.1 Å². The van der Waals surface area contributed by atoms with Gasteiger partial charge in [-0.1, -0.05) is 23.7 Å². The first-order valence-electron chi connectivity index (χ1n) is 12.5. The number of ketones is 2. The van der Waals surface area contributed by atoms with Crippen LogP contribution in [0.25, 0.3) is 0 Å². The van der Waals surface area contributed by atoms with Crippen LogP contribution in [0.15, 0.2) is 58.9 Å². The number of halogens is 2. The van der Waals surface area contributed by atoms with E-state index in [0.29, 0.717) is 42.6 Å². The topological polar surface area (TPSA) is 55.8 Å². The van der Waals surface area contributed by atoms with Crippen molar-refractivity contribution in [2.75, 3.05) is 13.7 Å². The van der Waals surface area contributed by atoms with Gasteiger partial charge in [-0.05, 0) is 90.6 Å². The van der Waals surface area contributed by atoms with Gasteiger partial charge in [0.1, 0.15) is 6.61 Å². The maximum atomic E-state index is 13.3. The highest BCUT2D eigenvalue weighted by atomic mass is 127. The van der Waals surface area contributed by atoms with Gasteiger partial charge in [0.25, 0.3) is 0 Å². The summed E-state index contributed by atoms with van der Waals surface area (Å²) in [7, 11) is 2.02. The Hall–Kier alpha value is -2.32. The minimum absolute atomic E-state index is 0.147. The van der Waals surface area contributed by atoms with Crippen molar-refractivity contribution in [3.05, 3.63) is 78.7 Å². The maximum Gasteiger partial charge on any atom is 0.174 e. The van der Waals surface area contributed by atoms with Gasteiger partial charge in [0.05, 0.1) is 10.2 Å².